The van der Waals surface area contributed by atoms with E-state index in [-0.39, 0.29) is 11.3 Å². The number of ether oxygens (including phenoxy) is 2. The third kappa shape index (κ3) is 4.31. The first-order valence-electron chi connectivity index (χ1n) is 14.6. The number of benzene rings is 3. The van der Waals surface area contributed by atoms with Gasteiger partial charge in [0.25, 0.3) is 0 Å². The van der Waals surface area contributed by atoms with Gasteiger partial charge in [0.1, 0.15) is 11.1 Å². The molecule has 4 heterocycles. The summed E-state index contributed by atoms with van der Waals surface area (Å²) in [5, 5.41) is 6.01. The fourth-order valence-corrected chi connectivity index (χ4v) is 7.66. The van der Waals surface area contributed by atoms with Crippen molar-refractivity contribution >= 4 is 60.0 Å². The van der Waals surface area contributed by atoms with Crippen molar-refractivity contribution in [1.82, 2.24) is 4.90 Å². The second-order valence-corrected chi connectivity index (χ2v) is 12.4. The van der Waals surface area contributed by atoms with Crippen molar-refractivity contribution in [2.75, 3.05) is 62.8 Å². The normalized spacial score (nSPS) is 19.0. The van der Waals surface area contributed by atoms with Crippen molar-refractivity contribution < 1.29 is 18.7 Å². The van der Waals surface area contributed by atoms with Crippen LogP contribution in [-0.4, -0.2) is 69.0 Å². The molecule has 214 valence electrons. The number of fused-ring (bicyclic) bond motifs is 4. The van der Waals surface area contributed by atoms with Crippen LogP contribution in [0.25, 0.3) is 42.3 Å². The molecule has 3 fully saturated rings. The summed E-state index contributed by atoms with van der Waals surface area (Å²) in [5.41, 5.74) is 2.88. The number of thiophene rings is 1. The second-order valence-electron chi connectivity index (χ2n) is 11.3. The Labute approximate surface area is 246 Å². The van der Waals surface area contributed by atoms with Crippen molar-refractivity contribution in [1.29, 1.82) is 0 Å². The van der Waals surface area contributed by atoms with Gasteiger partial charge >= 0.3 is 0 Å². The summed E-state index contributed by atoms with van der Waals surface area (Å²) in [6.07, 6.45) is 1.78. The first-order chi connectivity index (χ1) is 20.6. The SMILES string of the molecule is O=C(Nc1ccc2sc3c(-c4cccc5c(=O)cc(N6CCOCC6)oc45)cccc3c2c1)C1(N2CCOCC2)CC1. The third-order valence-electron chi connectivity index (χ3n) is 8.87. The van der Waals surface area contributed by atoms with Gasteiger partial charge in [-0.05, 0) is 37.1 Å². The molecule has 1 aliphatic carbocycles. The molecule has 9 heteroatoms. The van der Waals surface area contributed by atoms with Crippen molar-refractivity contribution in [3.63, 3.8) is 0 Å². The summed E-state index contributed by atoms with van der Waals surface area (Å²) in [7, 11) is 0. The van der Waals surface area contributed by atoms with Crippen LogP contribution in [0.15, 0.2) is 69.9 Å². The highest BCUT2D eigenvalue weighted by Gasteiger charge is 2.54. The van der Waals surface area contributed by atoms with Gasteiger partial charge in [0, 0.05) is 69.2 Å². The summed E-state index contributed by atoms with van der Waals surface area (Å²) < 4.78 is 19.7. The van der Waals surface area contributed by atoms with E-state index >= 15 is 0 Å². The zero-order valence-electron chi connectivity index (χ0n) is 23.2. The maximum absolute atomic E-state index is 13.4. The third-order valence-corrected chi connectivity index (χ3v) is 10.1. The fourth-order valence-electron chi connectivity index (χ4n) is 6.45. The van der Waals surface area contributed by atoms with Crippen molar-refractivity contribution in [3.05, 3.63) is 70.9 Å². The fraction of sp³-hybridized carbons (Fsp3) is 0.333. The minimum Gasteiger partial charge on any atom is -0.440 e. The minimum atomic E-state index is -0.402. The molecule has 3 aromatic carbocycles. The molecular formula is C33H31N3O5S. The molecule has 0 radical (unpaired) electrons. The van der Waals surface area contributed by atoms with Gasteiger partial charge in [-0.2, -0.15) is 0 Å². The number of carbonyl (C=O) groups excluding carboxylic acids is 1. The molecule has 3 aliphatic rings. The molecule has 0 bridgehead atoms. The van der Waals surface area contributed by atoms with Gasteiger partial charge < -0.3 is 24.1 Å². The minimum absolute atomic E-state index is 0.0472. The van der Waals surface area contributed by atoms with Crippen molar-refractivity contribution in [3.8, 4) is 11.1 Å². The van der Waals surface area contributed by atoms with Crippen molar-refractivity contribution in [2.45, 2.75) is 18.4 Å². The van der Waals surface area contributed by atoms with E-state index in [4.69, 9.17) is 13.9 Å². The smallest absolute Gasteiger partial charge is 0.244 e. The Kier molecular flexibility index (Phi) is 6.29. The molecule has 2 aliphatic heterocycles. The van der Waals surface area contributed by atoms with Gasteiger partial charge in [-0.3, -0.25) is 14.5 Å². The number of anilines is 2. The van der Waals surface area contributed by atoms with Crippen LogP contribution in [0.4, 0.5) is 11.6 Å². The zero-order chi connectivity index (χ0) is 28.3. The second kappa shape index (κ2) is 10.2. The van der Waals surface area contributed by atoms with Crippen LogP contribution >= 0.6 is 11.3 Å². The number of carbonyl (C=O) groups is 1. The Morgan fingerprint density at radius 2 is 1.52 bits per heavy atom. The highest BCUT2D eigenvalue weighted by molar-refractivity contribution is 7.26. The Morgan fingerprint density at radius 3 is 2.29 bits per heavy atom. The molecule has 1 saturated carbocycles. The molecule has 0 spiro atoms. The summed E-state index contributed by atoms with van der Waals surface area (Å²) >= 11 is 1.71. The lowest BCUT2D eigenvalue weighted by atomic mass is 10.0. The quantitative estimate of drug-likeness (QED) is 0.295. The van der Waals surface area contributed by atoms with E-state index in [1.54, 1.807) is 17.4 Å². The molecule has 1 amide bonds. The van der Waals surface area contributed by atoms with E-state index in [2.05, 4.69) is 45.4 Å². The Morgan fingerprint density at radius 1 is 0.810 bits per heavy atom. The van der Waals surface area contributed by atoms with E-state index in [9.17, 15) is 9.59 Å². The van der Waals surface area contributed by atoms with Gasteiger partial charge in [0.2, 0.25) is 5.91 Å². The number of rotatable bonds is 5. The molecule has 5 aromatic rings. The molecular weight excluding hydrogens is 550 g/mol. The van der Waals surface area contributed by atoms with E-state index in [0.29, 0.717) is 56.4 Å². The molecule has 0 unspecified atom stereocenters. The number of nitrogens with one attached hydrogen (secondary N) is 1. The first-order valence-corrected chi connectivity index (χ1v) is 15.4. The summed E-state index contributed by atoms with van der Waals surface area (Å²) in [4.78, 5) is 31.0. The lowest BCUT2D eigenvalue weighted by Gasteiger charge is -2.33. The van der Waals surface area contributed by atoms with Crippen LogP contribution in [0, 0.1) is 0 Å². The van der Waals surface area contributed by atoms with E-state index in [1.807, 2.05) is 24.3 Å². The molecule has 2 aromatic heterocycles. The molecule has 0 atom stereocenters. The largest absolute Gasteiger partial charge is 0.440 e. The van der Waals surface area contributed by atoms with E-state index in [1.165, 1.54) is 0 Å². The van der Waals surface area contributed by atoms with Gasteiger partial charge in [-0.15, -0.1) is 11.3 Å². The van der Waals surface area contributed by atoms with Crippen LogP contribution in [0.5, 0.6) is 0 Å². The first kappa shape index (κ1) is 25.9. The highest BCUT2D eigenvalue weighted by atomic mass is 32.1. The highest BCUT2D eigenvalue weighted by Crippen LogP contribution is 2.45. The molecule has 2 saturated heterocycles. The van der Waals surface area contributed by atoms with Crippen LogP contribution in [-0.2, 0) is 14.3 Å². The maximum Gasteiger partial charge on any atom is 0.244 e. The zero-order valence-corrected chi connectivity index (χ0v) is 24.0. The van der Waals surface area contributed by atoms with Gasteiger partial charge in [-0.1, -0.05) is 30.3 Å². The summed E-state index contributed by atoms with van der Waals surface area (Å²) in [5.74, 6) is 0.656. The Hall–Kier alpha value is -3.76. The van der Waals surface area contributed by atoms with E-state index < -0.39 is 5.54 Å². The monoisotopic (exact) mass is 581 g/mol. The predicted octanol–water partition coefficient (Wildman–Crippen LogP) is 5.47. The predicted molar refractivity (Wildman–Crippen MR) is 167 cm³/mol. The number of para-hydroxylation sites is 1. The van der Waals surface area contributed by atoms with Crippen molar-refractivity contribution in [2.24, 2.45) is 0 Å². The van der Waals surface area contributed by atoms with Crippen LogP contribution in [0.1, 0.15) is 12.8 Å². The Balaban J connectivity index is 1.18. The topological polar surface area (TPSA) is 84.2 Å². The molecule has 8 nitrogen and oxygen atoms in total. The Bertz CT molecular complexity index is 1900. The molecule has 8 rings (SSSR count). The van der Waals surface area contributed by atoms with Crippen LogP contribution in [0.3, 0.4) is 0 Å². The lowest BCUT2D eigenvalue weighted by molar-refractivity contribution is -0.124. The summed E-state index contributed by atoms with van der Waals surface area (Å²) in [6, 6.07) is 19.8. The number of hydrogen-bond acceptors (Lipinski definition) is 8. The number of morpholine rings is 2. The van der Waals surface area contributed by atoms with Gasteiger partial charge in [0.05, 0.1) is 31.8 Å². The number of amides is 1. The maximum atomic E-state index is 13.4. The molecule has 1 N–H and O–H groups in total. The standard InChI is InChI=1S/C33H31N3O5S/c37-27-20-29(35-11-15-39-16-12-35)41-30-22(3-1-6-25(27)30)23-4-2-5-24-26-19-21(7-8-28(26)42-31(23)24)34-32(38)33(9-10-33)36-13-17-40-18-14-36/h1-8,19-20H,9-18H2,(H,34,38). The number of nitrogens with zero attached hydrogens (tertiary/aromatic N) is 2. The van der Waals surface area contributed by atoms with Crippen LogP contribution in [0.2, 0.25) is 0 Å². The average Bonchev–Trinajstić information content (AvgIpc) is 3.77. The van der Waals surface area contributed by atoms with Gasteiger partial charge in [0.15, 0.2) is 11.3 Å². The summed E-state index contributed by atoms with van der Waals surface area (Å²) in [6.45, 7) is 5.56. The van der Waals surface area contributed by atoms with Gasteiger partial charge in [-0.25, -0.2) is 0 Å². The number of hydrogen-bond donors (Lipinski definition) is 1. The van der Waals surface area contributed by atoms with Crippen LogP contribution < -0.4 is 15.6 Å². The molecule has 42 heavy (non-hydrogen) atoms. The lowest BCUT2D eigenvalue weighted by Crippen LogP contribution is -2.51. The average molecular weight is 582 g/mol. The van der Waals surface area contributed by atoms with E-state index in [0.717, 1.165) is 62.9 Å².